The molecule has 0 N–H and O–H groups in total. The molecule has 6 heteroatoms. The van der Waals surface area contributed by atoms with Gasteiger partial charge in [-0.15, -0.1) is 11.3 Å². The molecular formula is C15H19N5S. The average Bonchev–Trinajstić information content (AvgIpc) is 3.22. The quantitative estimate of drug-likeness (QED) is 0.868. The molecule has 0 amide bonds. The van der Waals surface area contributed by atoms with Crippen LogP contribution in [0.4, 0.5) is 10.9 Å². The SMILES string of the molecule is c1cc(N(C2CC2)C2CCN(c3nccs3)CC2)ncn1. The summed E-state index contributed by atoms with van der Waals surface area (Å²) < 4.78 is 0. The Bertz CT molecular complexity index is 561. The van der Waals surface area contributed by atoms with Crippen LogP contribution >= 0.6 is 11.3 Å². The summed E-state index contributed by atoms with van der Waals surface area (Å²) in [5.74, 6) is 1.10. The highest BCUT2D eigenvalue weighted by atomic mass is 32.1. The molecule has 0 aromatic carbocycles. The smallest absolute Gasteiger partial charge is 0.185 e. The van der Waals surface area contributed by atoms with E-state index in [0.29, 0.717) is 12.1 Å². The lowest BCUT2D eigenvalue weighted by molar-refractivity contribution is 0.459. The minimum atomic E-state index is 0.601. The maximum absolute atomic E-state index is 4.48. The number of rotatable bonds is 4. The molecule has 21 heavy (non-hydrogen) atoms. The van der Waals surface area contributed by atoms with Crippen molar-refractivity contribution in [2.45, 2.75) is 37.8 Å². The summed E-state index contributed by atoms with van der Waals surface area (Å²) in [7, 11) is 0. The van der Waals surface area contributed by atoms with Crippen LogP contribution in [0, 0.1) is 0 Å². The highest BCUT2D eigenvalue weighted by Crippen LogP contribution is 2.35. The molecule has 2 fully saturated rings. The van der Waals surface area contributed by atoms with Gasteiger partial charge in [-0.2, -0.15) is 0 Å². The zero-order valence-corrected chi connectivity index (χ0v) is 12.7. The van der Waals surface area contributed by atoms with Gasteiger partial charge in [0.1, 0.15) is 12.1 Å². The predicted octanol–water partition coefficient (Wildman–Crippen LogP) is 2.57. The minimum Gasteiger partial charge on any atom is -0.350 e. The average molecular weight is 301 g/mol. The number of hydrogen-bond acceptors (Lipinski definition) is 6. The van der Waals surface area contributed by atoms with Gasteiger partial charge in [-0.3, -0.25) is 0 Å². The lowest BCUT2D eigenvalue weighted by Crippen LogP contribution is -2.46. The topological polar surface area (TPSA) is 45.2 Å². The van der Waals surface area contributed by atoms with Crippen molar-refractivity contribution in [1.29, 1.82) is 0 Å². The standard InChI is InChI=1S/C15H19N5S/c1-2-12(1)20(14-3-6-16-11-18-14)13-4-8-19(9-5-13)15-17-7-10-21-15/h3,6-7,10-13H,1-2,4-5,8-9H2. The van der Waals surface area contributed by atoms with E-state index in [1.807, 2.05) is 18.5 Å². The molecule has 1 aliphatic carbocycles. The molecule has 1 saturated carbocycles. The van der Waals surface area contributed by atoms with E-state index in [1.54, 1.807) is 17.7 Å². The molecule has 2 aliphatic rings. The number of nitrogens with zero attached hydrogens (tertiary/aromatic N) is 5. The first-order valence-corrected chi connectivity index (χ1v) is 8.48. The second-order valence-corrected chi connectivity index (χ2v) is 6.61. The van der Waals surface area contributed by atoms with Crippen LogP contribution in [0.5, 0.6) is 0 Å². The number of thiazole rings is 1. The van der Waals surface area contributed by atoms with Gasteiger partial charge in [0.25, 0.3) is 0 Å². The van der Waals surface area contributed by atoms with E-state index in [4.69, 9.17) is 0 Å². The van der Waals surface area contributed by atoms with Crippen LogP contribution < -0.4 is 9.80 Å². The summed E-state index contributed by atoms with van der Waals surface area (Å²) in [5.41, 5.74) is 0. The van der Waals surface area contributed by atoms with Crippen LogP contribution in [-0.4, -0.2) is 40.1 Å². The number of aromatic nitrogens is 3. The Morgan fingerprint density at radius 2 is 1.86 bits per heavy atom. The largest absolute Gasteiger partial charge is 0.350 e. The number of anilines is 2. The van der Waals surface area contributed by atoms with Gasteiger partial charge < -0.3 is 9.80 Å². The molecule has 0 bridgehead atoms. The summed E-state index contributed by atoms with van der Waals surface area (Å²) in [4.78, 5) is 17.9. The van der Waals surface area contributed by atoms with Crippen LogP contribution in [0.2, 0.25) is 0 Å². The Morgan fingerprint density at radius 1 is 1.05 bits per heavy atom. The summed E-state index contributed by atoms with van der Waals surface area (Å²) in [6, 6.07) is 3.34. The molecule has 2 aromatic heterocycles. The van der Waals surface area contributed by atoms with Crippen LogP contribution in [0.1, 0.15) is 25.7 Å². The van der Waals surface area contributed by atoms with E-state index < -0.39 is 0 Å². The van der Waals surface area contributed by atoms with Gasteiger partial charge in [0, 0.05) is 42.9 Å². The molecule has 2 aromatic rings. The second kappa shape index (κ2) is 5.60. The van der Waals surface area contributed by atoms with Gasteiger partial charge in [0.05, 0.1) is 0 Å². The summed E-state index contributed by atoms with van der Waals surface area (Å²) in [6.07, 6.45) is 10.4. The molecule has 0 atom stereocenters. The van der Waals surface area contributed by atoms with Gasteiger partial charge >= 0.3 is 0 Å². The van der Waals surface area contributed by atoms with Crippen LogP contribution in [0.25, 0.3) is 0 Å². The fourth-order valence-electron chi connectivity index (χ4n) is 3.17. The van der Waals surface area contributed by atoms with Gasteiger partial charge in [0.2, 0.25) is 0 Å². The van der Waals surface area contributed by atoms with Gasteiger partial charge in [0.15, 0.2) is 5.13 Å². The maximum atomic E-state index is 4.48. The first-order chi connectivity index (χ1) is 10.4. The fraction of sp³-hybridized carbons (Fsp3) is 0.533. The Balaban J connectivity index is 1.46. The van der Waals surface area contributed by atoms with Crippen molar-refractivity contribution in [1.82, 2.24) is 15.0 Å². The molecule has 110 valence electrons. The zero-order chi connectivity index (χ0) is 14.1. The lowest BCUT2D eigenvalue weighted by Gasteiger charge is -2.39. The highest BCUT2D eigenvalue weighted by Gasteiger charge is 2.36. The van der Waals surface area contributed by atoms with Crippen molar-refractivity contribution in [3.05, 3.63) is 30.2 Å². The van der Waals surface area contributed by atoms with Crippen molar-refractivity contribution >= 4 is 22.3 Å². The van der Waals surface area contributed by atoms with Crippen molar-refractivity contribution in [3.63, 3.8) is 0 Å². The Morgan fingerprint density at radius 3 is 2.48 bits per heavy atom. The zero-order valence-electron chi connectivity index (χ0n) is 11.9. The first-order valence-electron chi connectivity index (χ1n) is 7.60. The van der Waals surface area contributed by atoms with Crippen molar-refractivity contribution in [2.24, 2.45) is 0 Å². The Kier molecular flexibility index (Phi) is 3.47. The molecular weight excluding hydrogens is 282 g/mol. The molecule has 1 saturated heterocycles. The van der Waals surface area contributed by atoms with Gasteiger partial charge in [-0.05, 0) is 31.7 Å². The summed E-state index contributed by atoms with van der Waals surface area (Å²) in [5, 5.41) is 3.21. The third-order valence-electron chi connectivity index (χ3n) is 4.32. The van der Waals surface area contributed by atoms with Gasteiger partial charge in [-0.1, -0.05) is 0 Å². The molecule has 1 aliphatic heterocycles. The highest BCUT2D eigenvalue weighted by molar-refractivity contribution is 7.13. The van der Waals surface area contributed by atoms with Crippen molar-refractivity contribution in [3.8, 4) is 0 Å². The van der Waals surface area contributed by atoms with E-state index >= 15 is 0 Å². The number of hydrogen-bond donors (Lipinski definition) is 0. The van der Waals surface area contributed by atoms with Gasteiger partial charge in [-0.25, -0.2) is 15.0 Å². The molecule has 0 radical (unpaired) electrons. The third-order valence-corrected chi connectivity index (χ3v) is 5.15. The van der Waals surface area contributed by atoms with Crippen LogP contribution in [0.15, 0.2) is 30.2 Å². The second-order valence-electron chi connectivity index (χ2n) is 5.74. The van der Waals surface area contributed by atoms with Crippen molar-refractivity contribution in [2.75, 3.05) is 22.9 Å². The van der Waals surface area contributed by atoms with E-state index in [-0.39, 0.29) is 0 Å². The minimum absolute atomic E-state index is 0.601. The third kappa shape index (κ3) is 2.72. The summed E-state index contributed by atoms with van der Waals surface area (Å²) >= 11 is 1.73. The van der Waals surface area contributed by atoms with E-state index in [2.05, 4.69) is 30.1 Å². The number of piperidine rings is 1. The van der Waals surface area contributed by atoms with E-state index in [1.165, 1.54) is 25.7 Å². The van der Waals surface area contributed by atoms with E-state index in [9.17, 15) is 0 Å². The first kappa shape index (κ1) is 13.0. The summed E-state index contributed by atoms with van der Waals surface area (Å²) in [6.45, 7) is 2.18. The molecule has 5 nitrogen and oxygen atoms in total. The van der Waals surface area contributed by atoms with Crippen molar-refractivity contribution < 1.29 is 0 Å². The fourth-order valence-corrected chi connectivity index (χ4v) is 3.87. The monoisotopic (exact) mass is 301 g/mol. The molecule has 3 heterocycles. The molecule has 0 unspecified atom stereocenters. The Hall–Kier alpha value is -1.69. The maximum Gasteiger partial charge on any atom is 0.185 e. The predicted molar refractivity (Wildman–Crippen MR) is 84.9 cm³/mol. The van der Waals surface area contributed by atoms with Crippen LogP contribution in [-0.2, 0) is 0 Å². The molecule has 4 rings (SSSR count). The van der Waals surface area contributed by atoms with E-state index in [0.717, 1.165) is 24.0 Å². The van der Waals surface area contributed by atoms with Crippen LogP contribution in [0.3, 0.4) is 0 Å². The molecule has 0 spiro atoms. The normalized spacial score (nSPS) is 19.7. The Labute approximate surface area is 128 Å². The lowest BCUT2D eigenvalue weighted by atomic mass is 10.0.